The normalized spacial score (nSPS) is 30.1. The van der Waals surface area contributed by atoms with E-state index in [0.717, 1.165) is 25.1 Å². The summed E-state index contributed by atoms with van der Waals surface area (Å²) in [5, 5.41) is 0. The fraction of sp³-hybridized carbons (Fsp3) is 0.826. The maximum atomic E-state index is 13.6. The first-order chi connectivity index (χ1) is 28.0. The minimum Gasteiger partial charge on any atom is -0.457 e. The predicted molar refractivity (Wildman–Crippen MR) is 229 cm³/mol. The third-order valence-electron chi connectivity index (χ3n) is 11.6. The summed E-state index contributed by atoms with van der Waals surface area (Å²) in [6.45, 7) is 28.4. The van der Waals surface area contributed by atoms with E-state index < -0.39 is 36.5 Å². The molecule has 0 saturated carbocycles. The van der Waals surface area contributed by atoms with Crippen molar-refractivity contribution in [3.63, 3.8) is 0 Å². The van der Waals surface area contributed by atoms with Gasteiger partial charge in [0.1, 0.15) is 12.2 Å². The summed E-state index contributed by atoms with van der Waals surface area (Å²) in [6.07, 6.45) is 9.76. The highest BCUT2D eigenvalue weighted by Crippen LogP contribution is 2.40. The zero-order valence-corrected chi connectivity index (χ0v) is 38.7. The van der Waals surface area contributed by atoms with E-state index in [4.69, 9.17) is 42.6 Å². The highest BCUT2D eigenvalue weighted by molar-refractivity contribution is 5.70. The molecule has 13 unspecified atom stereocenters. The molecule has 0 aromatic heterocycles. The molecule has 0 aromatic carbocycles. The van der Waals surface area contributed by atoms with Crippen LogP contribution in [0.25, 0.3) is 0 Å². The lowest BCUT2D eigenvalue weighted by molar-refractivity contribution is -0.181. The van der Waals surface area contributed by atoms with E-state index in [9.17, 15) is 9.59 Å². The number of cyclic esters (lactones) is 1. The van der Waals surface area contributed by atoms with Crippen molar-refractivity contribution in [2.75, 3.05) is 53.0 Å². The molecular weight excluding hydrogens is 757 g/mol. The summed E-state index contributed by atoms with van der Waals surface area (Å²) in [6, 6.07) is 0. The van der Waals surface area contributed by atoms with Crippen molar-refractivity contribution in [2.24, 2.45) is 17.8 Å². The van der Waals surface area contributed by atoms with Crippen molar-refractivity contribution < 1.29 is 52.2 Å². The van der Waals surface area contributed by atoms with Gasteiger partial charge in [0.15, 0.2) is 18.9 Å². The number of esters is 1. The van der Waals surface area contributed by atoms with Gasteiger partial charge in [-0.15, -0.1) is 0 Å². The molecule has 3 rings (SSSR count). The van der Waals surface area contributed by atoms with Gasteiger partial charge < -0.3 is 52.4 Å². The third-order valence-corrected chi connectivity index (χ3v) is 11.6. The lowest BCUT2D eigenvalue weighted by Crippen LogP contribution is -2.48. The van der Waals surface area contributed by atoms with Gasteiger partial charge in [-0.1, -0.05) is 52.0 Å². The molecule has 3 aliphatic heterocycles. The molecule has 3 aliphatic rings. The van der Waals surface area contributed by atoms with Gasteiger partial charge >= 0.3 is 12.1 Å². The summed E-state index contributed by atoms with van der Waals surface area (Å²) >= 11 is 0. The molecule has 13 atom stereocenters. The smallest absolute Gasteiger partial charge is 0.410 e. The van der Waals surface area contributed by atoms with Gasteiger partial charge in [-0.3, -0.25) is 4.79 Å². The summed E-state index contributed by atoms with van der Waals surface area (Å²) in [5.41, 5.74) is 0.128. The van der Waals surface area contributed by atoms with Crippen molar-refractivity contribution in [1.29, 1.82) is 0 Å². The first-order valence-corrected chi connectivity index (χ1v) is 22.4. The van der Waals surface area contributed by atoms with Gasteiger partial charge in [-0.05, 0) is 99.3 Å². The van der Waals surface area contributed by atoms with Crippen LogP contribution in [-0.4, -0.2) is 136 Å². The predicted octanol–water partition coefficient (Wildman–Crippen LogP) is 8.06. The second-order valence-electron chi connectivity index (χ2n) is 16.9. The second-order valence-corrected chi connectivity index (χ2v) is 16.9. The Morgan fingerprint density at radius 3 is 2.22 bits per heavy atom. The fourth-order valence-electron chi connectivity index (χ4n) is 8.09. The average Bonchev–Trinajstić information content (AvgIpc) is 3.94. The number of carbonyl (C=O) groups is 2. The molecule has 2 saturated heterocycles. The zero-order valence-electron chi connectivity index (χ0n) is 38.7. The topological polar surface area (TPSA) is 127 Å². The Morgan fingerprint density at radius 1 is 0.932 bits per heavy atom. The average molecular weight is 837 g/mol. The third kappa shape index (κ3) is 17.5. The molecule has 0 spiro atoms. The molecule has 13 heteroatoms. The highest BCUT2D eigenvalue weighted by Gasteiger charge is 2.49. The molecule has 3 heterocycles. The van der Waals surface area contributed by atoms with Gasteiger partial charge in [-0.2, -0.15) is 0 Å². The van der Waals surface area contributed by atoms with Crippen LogP contribution in [0.1, 0.15) is 115 Å². The van der Waals surface area contributed by atoms with E-state index in [2.05, 4.69) is 32.7 Å². The number of epoxide rings is 1. The van der Waals surface area contributed by atoms with Crippen molar-refractivity contribution in [1.82, 2.24) is 9.80 Å². The number of ether oxygens (including phenoxy) is 9. The minimum absolute atomic E-state index is 0.00399. The van der Waals surface area contributed by atoms with Crippen molar-refractivity contribution in [2.45, 2.75) is 176 Å². The lowest BCUT2D eigenvalue weighted by atomic mass is 9.90. The number of rotatable bonds is 21. The maximum Gasteiger partial charge on any atom is 0.410 e. The van der Waals surface area contributed by atoms with Crippen LogP contribution in [0.2, 0.25) is 0 Å². The van der Waals surface area contributed by atoms with Crippen LogP contribution < -0.4 is 0 Å². The van der Waals surface area contributed by atoms with Crippen molar-refractivity contribution in [3.8, 4) is 0 Å². The molecule has 0 aromatic rings. The summed E-state index contributed by atoms with van der Waals surface area (Å²) < 4.78 is 54.8. The van der Waals surface area contributed by atoms with E-state index in [1.54, 1.807) is 4.90 Å². The Bertz CT molecular complexity index is 1340. The Morgan fingerprint density at radius 2 is 1.58 bits per heavy atom. The number of carbonyl (C=O) groups excluding carboxylic acids is 2. The van der Waals surface area contributed by atoms with Gasteiger partial charge in [0, 0.05) is 64.3 Å². The molecule has 340 valence electrons. The Labute approximate surface area is 356 Å². The van der Waals surface area contributed by atoms with Crippen LogP contribution in [-0.2, 0) is 47.4 Å². The van der Waals surface area contributed by atoms with E-state index in [-0.39, 0.29) is 60.8 Å². The molecule has 0 aliphatic carbocycles. The Kier molecular flexibility index (Phi) is 22.1. The van der Waals surface area contributed by atoms with Crippen LogP contribution in [0.5, 0.6) is 0 Å². The maximum absolute atomic E-state index is 13.6. The molecule has 0 bridgehead atoms. The van der Waals surface area contributed by atoms with Crippen LogP contribution in [0, 0.1) is 17.8 Å². The second kappa shape index (κ2) is 25.5. The number of piperazine rings is 1. The largest absolute Gasteiger partial charge is 0.457 e. The molecule has 1 amide bonds. The summed E-state index contributed by atoms with van der Waals surface area (Å²) in [7, 11) is 2.06. The number of amides is 1. The number of hydrogen-bond donors (Lipinski definition) is 0. The van der Waals surface area contributed by atoms with Crippen molar-refractivity contribution in [3.05, 3.63) is 36.0 Å². The molecule has 0 N–H and O–H groups in total. The van der Waals surface area contributed by atoms with Gasteiger partial charge in [0.2, 0.25) is 0 Å². The minimum atomic E-state index is -0.723. The molecule has 13 nitrogen and oxygen atoms in total. The Balaban J connectivity index is 1.86. The molecule has 0 radical (unpaired) electrons. The first kappa shape index (κ1) is 51.0. The summed E-state index contributed by atoms with van der Waals surface area (Å²) in [5.74, 6) is -0.431. The summed E-state index contributed by atoms with van der Waals surface area (Å²) in [4.78, 5) is 31.0. The van der Waals surface area contributed by atoms with Gasteiger partial charge in [0.05, 0.1) is 36.4 Å². The van der Waals surface area contributed by atoms with Crippen LogP contribution >= 0.6 is 0 Å². The molecule has 59 heavy (non-hydrogen) atoms. The SMILES string of the molecule is CCOC(C)OC1CCC(C)C(OC(=O)N2CCN(C)CC2)C=CC(C)C(C(C)=CC=CC(C)(CC2OC2C(C)C(CC)OC(C)OCC)OC(C)OCC)OC(=O)C1. The highest BCUT2D eigenvalue weighted by atomic mass is 16.7. The standard InChI is InChI=1S/C46H80N2O11/c1-14-39(55-36(10)52-16-3)34(8)44-41(56-44)30-46(12,59-37(11)53-17-4)24-18-19-32(6)43-33(7)21-23-40(57-45(50)48-27-25-47(13)26-28-48)31(5)20-22-38(29-42(49)58-43)54-35(9)51-15-2/h18-19,21,23-24,31,33-41,43-44H,14-17,20,22,25-30H2,1-13H3. The fourth-order valence-corrected chi connectivity index (χ4v) is 8.09. The van der Waals surface area contributed by atoms with Gasteiger partial charge in [-0.25, -0.2) is 4.79 Å². The quantitative estimate of drug-likeness (QED) is 0.0365. The van der Waals surface area contributed by atoms with E-state index >= 15 is 0 Å². The van der Waals surface area contributed by atoms with E-state index in [1.807, 2.05) is 92.7 Å². The first-order valence-electron chi connectivity index (χ1n) is 22.4. The van der Waals surface area contributed by atoms with Crippen LogP contribution in [0.3, 0.4) is 0 Å². The van der Waals surface area contributed by atoms with Gasteiger partial charge in [0.25, 0.3) is 0 Å². The molecule has 2 fully saturated rings. The number of likely N-dealkylation sites (N-methyl/N-ethyl adjacent to an activating group) is 1. The van der Waals surface area contributed by atoms with Crippen LogP contribution in [0.4, 0.5) is 4.79 Å². The number of nitrogens with zero attached hydrogens (tertiary/aromatic N) is 2. The Hall–Kier alpha value is -2.36. The zero-order chi connectivity index (χ0) is 43.7. The number of allylic oxidation sites excluding steroid dienone is 2. The van der Waals surface area contributed by atoms with E-state index in [1.165, 1.54) is 0 Å². The lowest BCUT2D eigenvalue weighted by Gasteiger charge is -2.34. The number of hydrogen-bond acceptors (Lipinski definition) is 12. The monoisotopic (exact) mass is 837 g/mol. The molecular formula is C46H80N2O11. The van der Waals surface area contributed by atoms with Crippen molar-refractivity contribution >= 4 is 12.1 Å². The van der Waals surface area contributed by atoms with E-state index in [0.29, 0.717) is 52.2 Å². The van der Waals surface area contributed by atoms with Crippen LogP contribution in [0.15, 0.2) is 36.0 Å².